The summed E-state index contributed by atoms with van der Waals surface area (Å²) in [7, 11) is 0. The Morgan fingerprint density at radius 3 is 2.29 bits per heavy atom. The standard InChI is InChI=1S/C18H26ClNS/c1-2-20-15(16-3-4-17(19)21-16)11-18-8-12-5-13(9-18)7-14(6-12)10-18/h3-4,12-15,20H,2,5-11H2,1H3. The fourth-order valence-corrected chi connectivity index (χ4v) is 7.14. The van der Waals surface area contributed by atoms with Gasteiger partial charge in [-0.3, -0.25) is 0 Å². The van der Waals surface area contributed by atoms with Crippen LogP contribution in [0.4, 0.5) is 0 Å². The third-order valence-electron chi connectivity index (χ3n) is 6.19. The number of hydrogen-bond acceptors (Lipinski definition) is 2. The zero-order valence-electron chi connectivity index (χ0n) is 12.9. The summed E-state index contributed by atoms with van der Waals surface area (Å²) in [5, 5.41) is 3.74. The van der Waals surface area contributed by atoms with Gasteiger partial charge in [0.05, 0.1) is 4.34 Å². The van der Waals surface area contributed by atoms with Gasteiger partial charge in [0, 0.05) is 10.9 Å². The van der Waals surface area contributed by atoms with Crippen molar-refractivity contribution in [2.24, 2.45) is 23.2 Å². The van der Waals surface area contributed by atoms with Gasteiger partial charge in [0.1, 0.15) is 0 Å². The number of halogens is 1. The highest BCUT2D eigenvalue weighted by Crippen LogP contribution is 2.62. The second-order valence-corrected chi connectivity index (χ2v) is 9.62. The van der Waals surface area contributed by atoms with Gasteiger partial charge in [0.15, 0.2) is 0 Å². The highest BCUT2D eigenvalue weighted by atomic mass is 35.5. The van der Waals surface area contributed by atoms with E-state index in [2.05, 4.69) is 24.4 Å². The van der Waals surface area contributed by atoms with Gasteiger partial charge >= 0.3 is 0 Å². The van der Waals surface area contributed by atoms with E-state index in [0.29, 0.717) is 11.5 Å². The second-order valence-electron chi connectivity index (χ2n) is 7.87. The van der Waals surface area contributed by atoms with Crippen LogP contribution in [-0.4, -0.2) is 6.54 Å². The van der Waals surface area contributed by atoms with Crippen LogP contribution in [0, 0.1) is 23.2 Å². The lowest BCUT2D eigenvalue weighted by Crippen LogP contribution is -2.47. The Bertz CT molecular complexity index is 474. The van der Waals surface area contributed by atoms with Gasteiger partial charge in [-0.25, -0.2) is 0 Å². The molecule has 1 unspecified atom stereocenters. The molecule has 1 nitrogen and oxygen atoms in total. The van der Waals surface area contributed by atoms with Crippen molar-refractivity contribution in [2.75, 3.05) is 6.54 Å². The molecule has 0 radical (unpaired) electrons. The molecule has 0 aliphatic heterocycles. The van der Waals surface area contributed by atoms with E-state index in [1.54, 1.807) is 11.3 Å². The molecular weight excluding hydrogens is 298 g/mol. The molecule has 3 heteroatoms. The van der Waals surface area contributed by atoms with Crippen molar-refractivity contribution in [3.05, 3.63) is 21.3 Å². The van der Waals surface area contributed by atoms with Crippen molar-refractivity contribution >= 4 is 22.9 Å². The molecule has 4 aliphatic rings. The van der Waals surface area contributed by atoms with Crippen LogP contribution < -0.4 is 5.32 Å². The van der Waals surface area contributed by atoms with Crippen molar-refractivity contribution in [3.8, 4) is 0 Å². The molecule has 5 rings (SSSR count). The van der Waals surface area contributed by atoms with E-state index in [-0.39, 0.29) is 0 Å². The van der Waals surface area contributed by atoms with Gasteiger partial charge in [-0.2, -0.15) is 0 Å². The normalized spacial score (nSPS) is 38.9. The summed E-state index contributed by atoms with van der Waals surface area (Å²) in [6, 6.07) is 4.82. The van der Waals surface area contributed by atoms with Crippen LogP contribution in [0.1, 0.15) is 62.8 Å². The zero-order valence-corrected chi connectivity index (χ0v) is 14.5. The van der Waals surface area contributed by atoms with E-state index in [0.717, 1.165) is 28.6 Å². The van der Waals surface area contributed by atoms with E-state index in [1.165, 1.54) is 49.8 Å². The molecule has 4 saturated carbocycles. The molecule has 0 spiro atoms. The van der Waals surface area contributed by atoms with Gasteiger partial charge in [0.2, 0.25) is 0 Å². The number of rotatable bonds is 5. The molecule has 0 saturated heterocycles. The van der Waals surface area contributed by atoms with E-state index >= 15 is 0 Å². The lowest BCUT2D eigenvalue weighted by atomic mass is 9.48. The minimum atomic E-state index is 0.517. The SMILES string of the molecule is CCNC(CC12CC3CC(CC(C3)C1)C2)c1ccc(Cl)s1. The molecule has 4 fully saturated rings. The third kappa shape index (κ3) is 2.80. The molecule has 21 heavy (non-hydrogen) atoms. The zero-order chi connectivity index (χ0) is 14.4. The predicted molar refractivity (Wildman–Crippen MR) is 91.0 cm³/mol. The minimum absolute atomic E-state index is 0.517. The summed E-state index contributed by atoms with van der Waals surface area (Å²) in [6.07, 6.45) is 10.4. The molecule has 0 amide bonds. The first kappa shape index (κ1) is 14.5. The third-order valence-corrected chi connectivity index (χ3v) is 7.53. The molecule has 4 bridgehead atoms. The Morgan fingerprint density at radius 1 is 1.19 bits per heavy atom. The topological polar surface area (TPSA) is 12.0 Å². The lowest BCUT2D eigenvalue weighted by Gasteiger charge is -2.57. The number of thiophene rings is 1. The van der Waals surface area contributed by atoms with Crippen molar-refractivity contribution in [3.63, 3.8) is 0 Å². The minimum Gasteiger partial charge on any atom is -0.310 e. The first-order valence-corrected chi connectivity index (χ1v) is 9.84. The number of hydrogen-bond donors (Lipinski definition) is 1. The van der Waals surface area contributed by atoms with Crippen molar-refractivity contribution < 1.29 is 0 Å². The Kier molecular flexibility index (Phi) is 3.84. The summed E-state index contributed by atoms with van der Waals surface area (Å²) in [5.41, 5.74) is 0.637. The summed E-state index contributed by atoms with van der Waals surface area (Å²) < 4.78 is 0.929. The Morgan fingerprint density at radius 2 is 1.81 bits per heavy atom. The monoisotopic (exact) mass is 323 g/mol. The van der Waals surface area contributed by atoms with Crippen LogP contribution in [0.3, 0.4) is 0 Å². The molecule has 1 aromatic heterocycles. The van der Waals surface area contributed by atoms with E-state index in [9.17, 15) is 0 Å². The molecule has 0 aromatic carbocycles. The van der Waals surface area contributed by atoms with Crippen LogP contribution in [0.2, 0.25) is 4.34 Å². The highest BCUT2D eigenvalue weighted by molar-refractivity contribution is 7.16. The quantitative estimate of drug-likeness (QED) is 0.737. The molecule has 4 aliphatic carbocycles. The molecular formula is C18H26ClNS. The summed E-state index contributed by atoms with van der Waals surface area (Å²) in [5.74, 6) is 3.14. The molecule has 1 aromatic rings. The van der Waals surface area contributed by atoms with Gasteiger partial charge < -0.3 is 5.32 Å². The van der Waals surface area contributed by atoms with Gasteiger partial charge in [0.25, 0.3) is 0 Å². The van der Waals surface area contributed by atoms with Crippen LogP contribution in [0.25, 0.3) is 0 Å². The molecule has 1 atom stereocenters. The van der Waals surface area contributed by atoms with Crippen LogP contribution in [-0.2, 0) is 0 Å². The maximum Gasteiger partial charge on any atom is 0.0931 e. The first-order chi connectivity index (χ1) is 10.2. The summed E-state index contributed by atoms with van der Waals surface area (Å²) >= 11 is 7.94. The molecule has 116 valence electrons. The van der Waals surface area contributed by atoms with Crippen molar-refractivity contribution in [1.29, 1.82) is 0 Å². The maximum atomic E-state index is 6.17. The van der Waals surface area contributed by atoms with Crippen LogP contribution >= 0.6 is 22.9 Å². The Labute approximate surface area is 137 Å². The first-order valence-electron chi connectivity index (χ1n) is 8.64. The van der Waals surface area contributed by atoms with Crippen molar-refractivity contribution in [1.82, 2.24) is 5.32 Å². The van der Waals surface area contributed by atoms with Crippen LogP contribution in [0.15, 0.2) is 12.1 Å². The highest BCUT2D eigenvalue weighted by Gasteiger charge is 2.51. The van der Waals surface area contributed by atoms with E-state index < -0.39 is 0 Å². The number of nitrogens with one attached hydrogen (secondary N) is 1. The average Bonchev–Trinajstić information content (AvgIpc) is 2.83. The van der Waals surface area contributed by atoms with Crippen LogP contribution in [0.5, 0.6) is 0 Å². The maximum absolute atomic E-state index is 6.17. The van der Waals surface area contributed by atoms with Gasteiger partial charge in [-0.15, -0.1) is 11.3 Å². The second kappa shape index (κ2) is 5.54. The molecule has 1 heterocycles. The largest absolute Gasteiger partial charge is 0.310 e. The average molecular weight is 324 g/mol. The molecule has 1 N–H and O–H groups in total. The van der Waals surface area contributed by atoms with Gasteiger partial charge in [-0.05, 0) is 86.8 Å². The summed E-state index contributed by atoms with van der Waals surface area (Å²) in [4.78, 5) is 1.44. The van der Waals surface area contributed by atoms with E-state index in [4.69, 9.17) is 11.6 Å². The Balaban J connectivity index is 1.55. The smallest absolute Gasteiger partial charge is 0.0931 e. The summed E-state index contributed by atoms with van der Waals surface area (Å²) in [6.45, 7) is 3.27. The van der Waals surface area contributed by atoms with Crippen molar-refractivity contribution in [2.45, 2.75) is 57.9 Å². The predicted octanol–water partition coefficient (Wildman–Crippen LogP) is 5.66. The van der Waals surface area contributed by atoms with E-state index in [1.807, 2.05) is 0 Å². The fourth-order valence-electron chi connectivity index (χ4n) is 6.01. The fraction of sp³-hybridized carbons (Fsp3) is 0.778. The Hall–Kier alpha value is -0.0500. The lowest BCUT2D eigenvalue weighted by molar-refractivity contribution is -0.0620. The van der Waals surface area contributed by atoms with Gasteiger partial charge in [-0.1, -0.05) is 18.5 Å².